The molecule has 0 spiro atoms. The second-order valence-corrected chi connectivity index (χ2v) is 6.89. The zero-order chi connectivity index (χ0) is 19.7. The van der Waals surface area contributed by atoms with Crippen molar-refractivity contribution >= 4 is 17.6 Å². The van der Waals surface area contributed by atoms with Crippen LogP contribution >= 0.6 is 0 Å². The molecule has 2 aliphatic rings. The summed E-state index contributed by atoms with van der Waals surface area (Å²) in [7, 11) is 3.23. The van der Waals surface area contributed by atoms with Crippen LogP contribution in [0.1, 0.15) is 21.5 Å². The molecule has 2 heterocycles. The van der Waals surface area contributed by atoms with E-state index in [1.165, 1.54) is 5.56 Å². The number of methoxy groups -OCH3 is 2. The number of amides is 3. The minimum atomic E-state index is -0.127. The number of nitrogens with one attached hydrogen (secondary N) is 1. The van der Waals surface area contributed by atoms with E-state index in [2.05, 4.69) is 5.32 Å². The topological polar surface area (TPSA) is 71.1 Å². The number of anilines is 1. The molecule has 0 radical (unpaired) electrons. The molecule has 28 heavy (non-hydrogen) atoms. The Hall–Kier alpha value is -3.22. The third-order valence-corrected chi connectivity index (χ3v) is 5.27. The van der Waals surface area contributed by atoms with Crippen molar-refractivity contribution in [3.8, 4) is 11.5 Å². The molecule has 1 saturated heterocycles. The van der Waals surface area contributed by atoms with Gasteiger partial charge in [-0.2, -0.15) is 0 Å². The van der Waals surface area contributed by atoms with E-state index in [9.17, 15) is 9.59 Å². The average molecular weight is 381 g/mol. The minimum Gasteiger partial charge on any atom is -0.493 e. The van der Waals surface area contributed by atoms with E-state index in [0.717, 1.165) is 17.7 Å². The molecule has 146 valence electrons. The fourth-order valence-electron chi connectivity index (χ4n) is 3.76. The quantitative estimate of drug-likeness (QED) is 0.883. The lowest BCUT2D eigenvalue weighted by molar-refractivity contribution is 0.0734. The van der Waals surface area contributed by atoms with Crippen LogP contribution in [0, 0.1) is 0 Å². The van der Waals surface area contributed by atoms with Crippen LogP contribution in [0.2, 0.25) is 0 Å². The van der Waals surface area contributed by atoms with Crippen LogP contribution in [0.5, 0.6) is 11.5 Å². The number of fused-ring (bicyclic) bond motifs is 1. The number of carbonyl (C=O) groups is 2. The number of carbonyl (C=O) groups excluding carboxylic acids is 2. The molecule has 3 amide bonds. The lowest BCUT2D eigenvalue weighted by Crippen LogP contribution is -2.36. The first-order valence-corrected chi connectivity index (χ1v) is 9.29. The molecule has 2 aromatic carbocycles. The van der Waals surface area contributed by atoms with Gasteiger partial charge in [0.05, 0.1) is 14.2 Å². The van der Waals surface area contributed by atoms with Crippen molar-refractivity contribution in [3.05, 3.63) is 53.1 Å². The molecule has 0 bridgehead atoms. The monoisotopic (exact) mass is 381 g/mol. The van der Waals surface area contributed by atoms with Crippen molar-refractivity contribution in [2.75, 3.05) is 38.8 Å². The first-order chi connectivity index (χ1) is 13.6. The van der Waals surface area contributed by atoms with E-state index < -0.39 is 0 Å². The summed E-state index contributed by atoms with van der Waals surface area (Å²) in [6.45, 7) is 2.37. The molecule has 2 aromatic rings. The SMILES string of the molecule is COc1cc2c(cc1OC)CN(C(=O)c1cccc(N3CCNC3=O)c1)CC2. The number of hydrogen-bond donors (Lipinski definition) is 1. The molecule has 1 fully saturated rings. The maximum Gasteiger partial charge on any atom is 0.321 e. The van der Waals surface area contributed by atoms with Crippen LogP contribution < -0.4 is 19.7 Å². The summed E-state index contributed by atoms with van der Waals surface area (Å²) >= 11 is 0. The van der Waals surface area contributed by atoms with Crippen molar-refractivity contribution in [2.24, 2.45) is 0 Å². The highest BCUT2D eigenvalue weighted by atomic mass is 16.5. The highest BCUT2D eigenvalue weighted by Gasteiger charge is 2.26. The fourth-order valence-corrected chi connectivity index (χ4v) is 3.76. The maximum atomic E-state index is 13.1. The Kier molecular flexibility index (Phi) is 4.81. The number of hydrogen-bond acceptors (Lipinski definition) is 4. The Morgan fingerprint density at radius 1 is 1.04 bits per heavy atom. The Morgan fingerprint density at radius 3 is 2.46 bits per heavy atom. The second-order valence-electron chi connectivity index (χ2n) is 6.89. The van der Waals surface area contributed by atoms with E-state index >= 15 is 0 Å². The number of urea groups is 1. The third-order valence-electron chi connectivity index (χ3n) is 5.27. The second kappa shape index (κ2) is 7.42. The minimum absolute atomic E-state index is 0.0399. The van der Waals surface area contributed by atoms with Gasteiger partial charge in [0.1, 0.15) is 0 Å². The Morgan fingerprint density at radius 2 is 1.79 bits per heavy atom. The summed E-state index contributed by atoms with van der Waals surface area (Å²) in [6.07, 6.45) is 0.760. The van der Waals surface area contributed by atoms with Gasteiger partial charge in [-0.05, 0) is 47.9 Å². The van der Waals surface area contributed by atoms with Crippen molar-refractivity contribution in [3.63, 3.8) is 0 Å². The molecule has 0 aromatic heterocycles. The molecule has 2 aliphatic heterocycles. The molecule has 0 aliphatic carbocycles. The van der Waals surface area contributed by atoms with Crippen LogP contribution in [0.25, 0.3) is 0 Å². The van der Waals surface area contributed by atoms with Gasteiger partial charge in [0, 0.05) is 37.4 Å². The zero-order valence-corrected chi connectivity index (χ0v) is 16.0. The number of ether oxygens (including phenoxy) is 2. The molecule has 0 unspecified atom stereocenters. The van der Waals surface area contributed by atoms with E-state index in [1.807, 2.05) is 29.2 Å². The van der Waals surface area contributed by atoms with Crippen LogP contribution in [0.15, 0.2) is 36.4 Å². The highest BCUT2D eigenvalue weighted by molar-refractivity contribution is 5.98. The van der Waals surface area contributed by atoms with Gasteiger partial charge in [-0.3, -0.25) is 9.69 Å². The van der Waals surface area contributed by atoms with E-state index in [-0.39, 0.29) is 11.9 Å². The zero-order valence-electron chi connectivity index (χ0n) is 16.0. The number of nitrogens with zero attached hydrogens (tertiary/aromatic N) is 2. The summed E-state index contributed by atoms with van der Waals surface area (Å²) < 4.78 is 10.8. The maximum absolute atomic E-state index is 13.1. The smallest absolute Gasteiger partial charge is 0.321 e. The van der Waals surface area contributed by atoms with Crippen molar-refractivity contribution in [1.82, 2.24) is 10.2 Å². The largest absolute Gasteiger partial charge is 0.493 e. The summed E-state index contributed by atoms with van der Waals surface area (Å²) in [5, 5.41) is 2.78. The van der Waals surface area contributed by atoms with Crippen LogP contribution in [-0.2, 0) is 13.0 Å². The van der Waals surface area contributed by atoms with E-state index in [4.69, 9.17) is 9.47 Å². The molecular weight excluding hydrogens is 358 g/mol. The highest BCUT2D eigenvalue weighted by Crippen LogP contribution is 2.33. The van der Waals surface area contributed by atoms with Gasteiger partial charge in [0.25, 0.3) is 5.91 Å². The van der Waals surface area contributed by atoms with Gasteiger partial charge < -0.3 is 19.7 Å². The summed E-state index contributed by atoms with van der Waals surface area (Å²) in [5.74, 6) is 1.33. The van der Waals surface area contributed by atoms with Crippen molar-refractivity contribution < 1.29 is 19.1 Å². The molecule has 0 saturated carbocycles. The Labute approximate surface area is 163 Å². The van der Waals surface area contributed by atoms with E-state index in [0.29, 0.717) is 43.2 Å². The number of benzene rings is 2. The molecule has 1 N–H and O–H groups in total. The van der Waals surface area contributed by atoms with Gasteiger partial charge in [-0.1, -0.05) is 6.07 Å². The predicted molar refractivity (Wildman–Crippen MR) is 105 cm³/mol. The molecular formula is C21H23N3O4. The standard InChI is InChI=1S/C21H23N3O4/c1-27-18-11-14-6-8-23(13-16(14)12-19(18)28-2)20(25)15-4-3-5-17(10-15)24-9-7-22-21(24)26/h3-5,10-12H,6-9,13H2,1-2H3,(H,22,26). The number of rotatable bonds is 4. The van der Waals surface area contributed by atoms with Gasteiger partial charge in [0.2, 0.25) is 0 Å². The van der Waals surface area contributed by atoms with Gasteiger partial charge >= 0.3 is 6.03 Å². The molecule has 7 nitrogen and oxygen atoms in total. The first-order valence-electron chi connectivity index (χ1n) is 9.29. The van der Waals surface area contributed by atoms with Crippen LogP contribution in [0.3, 0.4) is 0 Å². The lowest BCUT2D eigenvalue weighted by atomic mass is 9.98. The predicted octanol–water partition coefficient (Wildman–Crippen LogP) is 2.43. The molecule has 0 atom stereocenters. The van der Waals surface area contributed by atoms with Crippen molar-refractivity contribution in [1.29, 1.82) is 0 Å². The van der Waals surface area contributed by atoms with Crippen molar-refractivity contribution in [2.45, 2.75) is 13.0 Å². The van der Waals surface area contributed by atoms with E-state index in [1.54, 1.807) is 31.3 Å². The summed E-state index contributed by atoms with van der Waals surface area (Å²) in [4.78, 5) is 28.5. The Balaban J connectivity index is 1.56. The van der Waals surface area contributed by atoms with Crippen LogP contribution in [-0.4, -0.2) is 50.7 Å². The van der Waals surface area contributed by atoms with Crippen LogP contribution in [0.4, 0.5) is 10.5 Å². The van der Waals surface area contributed by atoms with Gasteiger partial charge in [-0.25, -0.2) is 4.79 Å². The summed E-state index contributed by atoms with van der Waals surface area (Å²) in [5.41, 5.74) is 3.56. The lowest BCUT2D eigenvalue weighted by Gasteiger charge is -2.30. The average Bonchev–Trinajstić information content (AvgIpc) is 3.17. The van der Waals surface area contributed by atoms with Gasteiger partial charge in [0.15, 0.2) is 11.5 Å². The summed E-state index contributed by atoms with van der Waals surface area (Å²) in [6, 6.07) is 11.1. The first kappa shape index (κ1) is 18.2. The Bertz CT molecular complexity index is 928. The molecule has 7 heteroatoms. The molecule has 4 rings (SSSR count). The third kappa shape index (κ3) is 3.24. The normalized spacial score (nSPS) is 15.9. The van der Waals surface area contributed by atoms with Gasteiger partial charge in [-0.15, -0.1) is 0 Å². The fraction of sp³-hybridized carbons (Fsp3) is 0.333.